The minimum absolute atomic E-state index is 0.00902. The Morgan fingerprint density at radius 1 is 0.857 bits per heavy atom. The topological polar surface area (TPSA) is 55.4 Å². The van der Waals surface area contributed by atoms with E-state index in [9.17, 15) is 4.39 Å². The van der Waals surface area contributed by atoms with Crippen molar-refractivity contribution < 1.29 is 32.8 Å². The van der Waals surface area contributed by atoms with Crippen molar-refractivity contribution in [2.45, 2.75) is 0 Å². The van der Waals surface area contributed by atoms with Crippen molar-refractivity contribution in [3.8, 4) is 11.5 Å². The summed E-state index contributed by atoms with van der Waals surface area (Å²) in [5.41, 5.74) is 0. The maximum absolute atomic E-state index is 13.7. The highest BCUT2D eigenvalue weighted by molar-refractivity contribution is 5.40. The van der Waals surface area contributed by atoms with Crippen LogP contribution in [0.1, 0.15) is 0 Å². The number of rotatable bonds is 12. The van der Waals surface area contributed by atoms with Gasteiger partial charge in [-0.15, -0.1) is 0 Å². The van der Waals surface area contributed by atoms with Crippen molar-refractivity contribution >= 4 is 0 Å². The first-order valence-corrected chi connectivity index (χ1v) is 6.47. The number of para-hydroxylation sites is 1. The van der Waals surface area contributed by atoms with Crippen LogP contribution in [0.2, 0.25) is 0 Å². The standard InChI is InChI=1S/C14H21FO6/c1-16-6-8-18-10-20-13-5-3-4-12(15)14(13)21-11-19-9-7-17-2/h3-5H,6-11H2,1-2H3. The van der Waals surface area contributed by atoms with E-state index in [1.165, 1.54) is 12.1 Å². The van der Waals surface area contributed by atoms with Crippen molar-refractivity contribution in [1.29, 1.82) is 0 Å². The van der Waals surface area contributed by atoms with Gasteiger partial charge in [0.25, 0.3) is 0 Å². The quantitative estimate of drug-likeness (QED) is 0.434. The van der Waals surface area contributed by atoms with Crippen molar-refractivity contribution in [2.24, 2.45) is 0 Å². The fourth-order valence-corrected chi connectivity index (χ4v) is 1.35. The molecule has 7 heteroatoms. The van der Waals surface area contributed by atoms with Gasteiger partial charge in [-0.05, 0) is 12.1 Å². The molecule has 21 heavy (non-hydrogen) atoms. The lowest BCUT2D eigenvalue weighted by molar-refractivity contribution is -0.0220. The SMILES string of the molecule is COCCOCOc1cccc(F)c1OCOCCOC. The lowest BCUT2D eigenvalue weighted by atomic mass is 10.3. The molecule has 0 saturated carbocycles. The molecule has 0 saturated heterocycles. The van der Waals surface area contributed by atoms with Gasteiger partial charge in [0.1, 0.15) is 0 Å². The van der Waals surface area contributed by atoms with Gasteiger partial charge in [-0.1, -0.05) is 6.07 Å². The Kier molecular flexibility index (Phi) is 9.47. The molecule has 0 fully saturated rings. The summed E-state index contributed by atoms with van der Waals surface area (Å²) in [4.78, 5) is 0. The van der Waals surface area contributed by atoms with Crippen LogP contribution in [0.5, 0.6) is 11.5 Å². The monoisotopic (exact) mass is 304 g/mol. The Morgan fingerprint density at radius 2 is 1.48 bits per heavy atom. The Bertz CT molecular complexity index is 388. The van der Waals surface area contributed by atoms with Gasteiger partial charge < -0.3 is 28.4 Å². The van der Waals surface area contributed by atoms with E-state index in [0.29, 0.717) is 26.4 Å². The van der Waals surface area contributed by atoms with Crippen LogP contribution in [-0.4, -0.2) is 54.2 Å². The molecule has 0 N–H and O–H groups in total. The van der Waals surface area contributed by atoms with Gasteiger partial charge in [-0.25, -0.2) is 4.39 Å². The van der Waals surface area contributed by atoms with E-state index in [1.807, 2.05) is 0 Å². The van der Waals surface area contributed by atoms with Crippen molar-refractivity contribution in [3.63, 3.8) is 0 Å². The van der Waals surface area contributed by atoms with Crippen LogP contribution in [0.25, 0.3) is 0 Å². The van der Waals surface area contributed by atoms with Crippen LogP contribution in [-0.2, 0) is 18.9 Å². The third-order valence-corrected chi connectivity index (χ3v) is 2.38. The summed E-state index contributed by atoms with van der Waals surface area (Å²) >= 11 is 0. The molecule has 0 bridgehead atoms. The third-order valence-electron chi connectivity index (χ3n) is 2.38. The van der Waals surface area contributed by atoms with Gasteiger partial charge in [0.2, 0.25) is 0 Å². The summed E-state index contributed by atoms with van der Waals surface area (Å²) < 4.78 is 44.2. The zero-order chi connectivity index (χ0) is 15.3. The van der Waals surface area contributed by atoms with E-state index in [4.69, 9.17) is 28.4 Å². The zero-order valence-electron chi connectivity index (χ0n) is 12.3. The molecule has 1 aromatic carbocycles. The van der Waals surface area contributed by atoms with Crippen LogP contribution in [0.15, 0.2) is 18.2 Å². The highest BCUT2D eigenvalue weighted by Crippen LogP contribution is 2.30. The zero-order valence-corrected chi connectivity index (χ0v) is 12.3. The second-order valence-electron chi connectivity index (χ2n) is 3.89. The third kappa shape index (κ3) is 7.24. The minimum atomic E-state index is -0.528. The molecular weight excluding hydrogens is 283 g/mol. The Labute approximate surface area is 123 Å². The fourth-order valence-electron chi connectivity index (χ4n) is 1.35. The van der Waals surface area contributed by atoms with Crippen molar-refractivity contribution in [3.05, 3.63) is 24.0 Å². The van der Waals surface area contributed by atoms with E-state index in [1.54, 1.807) is 20.3 Å². The van der Waals surface area contributed by atoms with Gasteiger partial charge in [0.05, 0.1) is 26.4 Å². The van der Waals surface area contributed by atoms with Crippen molar-refractivity contribution in [1.82, 2.24) is 0 Å². The minimum Gasteiger partial charge on any atom is -0.464 e. The second-order valence-corrected chi connectivity index (χ2v) is 3.89. The lowest BCUT2D eigenvalue weighted by Crippen LogP contribution is -2.11. The molecule has 6 nitrogen and oxygen atoms in total. The molecule has 0 aliphatic rings. The summed E-state index contributed by atoms with van der Waals surface area (Å²) in [6.07, 6.45) is 0. The number of benzene rings is 1. The number of methoxy groups -OCH3 is 2. The van der Waals surface area contributed by atoms with E-state index >= 15 is 0 Å². The number of hydrogen-bond donors (Lipinski definition) is 0. The Balaban J connectivity index is 2.41. The normalized spacial score (nSPS) is 10.6. The summed E-state index contributed by atoms with van der Waals surface area (Å²) in [6.45, 7) is 1.54. The van der Waals surface area contributed by atoms with Gasteiger partial charge >= 0.3 is 0 Å². The fraction of sp³-hybridized carbons (Fsp3) is 0.571. The highest BCUT2D eigenvalue weighted by atomic mass is 19.1. The molecule has 120 valence electrons. The predicted molar refractivity (Wildman–Crippen MR) is 73.0 cm³/mol. The smallest absolute Gasteiger partial charge is 0.200 e. The highest BCUT2D eigenvalue weighted by Gasteiger charge is 2.11. The summed E-state index contributed by atoms with van der Waals surface area (Å²) in [7, 11) is 3.14. The summed E-state index contributed by atoms with van der Waals surface area (Å²) in [6, 6.07) is 4.40. The van der Waals surface area contributed by atoms with Crippen LogP contribution < -0.4 is 9.47 Å². The Morgan fingerprint density at radius 3 is 2.10 bits per heavy atom. The van der Waals surface area contributed by atoms with E-state index in [2.05, 4.69) is 0 Å². The molecule has 1 rings (SSSR count). The van der Waals surface area contributed by atoms with E-state index in [-0.39, 0.29) is 25.1 Å². The number of hydrogen-bond acceptors (Lipinski definition) is 6. The molecule has 0 heterocycles. The maximum Gasteiger partial charge on any atom is 0.200 e. The first kappa shape index (κ1) is 17.6. The first-order valence-electron chi connectivity index (χ1n) is 6.47. The maximum atomic E-state index is 13.7. The second kappa shape index (κ2) is 11.3. The molecule has 0 aromatic heterocycles. The van der Waals surface area contributed by atoms with Crippen LogP contribution >= 0.6 is 0 Å². The molecule has 0 atom stereocenters. The first-order chi connectivity index (χ1) is 10.3. The van der Waals surface area contributed by atoms with Gasteiger partial charge in [0.15, 0.2) is 30.9 Å². The van der Waals surface area contributed by atoms with Crippen LogP contribution in [0.4, 0.5) is 4.39 Å². The molecule has 1 aromatic rings. The molecule has 0 aliphatic carbocycles. The van der Waals surface area contributed by atoms with E-state index in [0.717, 1.165) is 0 Å². The molecule has 0 unspecified atom stereocenters. The van der Waals surface area contributed by atoms with Gasteiger partial charge in [-0.2, -0.15) is 0 Å². The number of halogens is 1. The van der Waals surface area contributed by atoms with Crippen LogP contribution in [0, 0.1) is 5.82 Å². The Hall–Kier alpha value is -1.41. The van der Waals surface area contributed by atoms with E-state index < -0.39 is 5.82 Å². The van der Waals surface area contributed by atoms with Crippen molar-refractivity contribution in [2.75, 3.05) is 54.2 Å². The van der Waals surface area contributed by atoms with Gasteiger partial charge in [0, 0.05) is 14.2 Å². The average molecular weight is 304 g/mol. The molecule has 0 spiro atoms. The van der Waals surface area contributed by atoms with Gasteiger partial charge in [-0.3, -0.25) is 0 Å². The molecule has 0 aliphatic heterocycles. The average Bonchev–Trinajstić information content (AvgIpc) is 2.49. The predicted octanol–water partition coefficient (Wildman–Crippen LogP) is 1.82. The van der Waals surface area contributed by atoms with Crippen LogP contribution in [0.3, 0.4) is 0 Å². The molecular formula is C14H21FO6. The molecule has 0 radical (unpaired) electrons. The molecule has 0 amide bonds. The lowest BCUT2D eigenvalue weighted by Gasteiger charge is -2.13. The largest absolute Gasteiger partial charge is 0.464 e. The number of ether oxygens (including phenoxy) is 6. The summed E-state index contributed by atoms with van der Waals surface area (Å²) in [5.74, 6) is -0.284. The summed E-state index contributed by atoms with van der Waals surface area (Å²) in [5, 5.41) is 0.